The van der Waals surface area contributed by atoms with Crippen molar-refractivity contribution in [1.82, 2.24) is 5.32 Å². The van der Waals surface area contributed by atoms with Crippen molar-refractivity contribution >= 4 is 46.4 Å². The molecule has 0 fully saturated rings. The predicted molar refractivity (Wildman–Crippen MR) is 99.1 cm³/mol. The van der Waals surface area contributed by atoms with Gasteiger partial charge in [-0.1, -0.05) is 58.5 Å². The molecule has 0 aromatic heterocycles. The number of aliphatic hydroxyl groups is 1. The minimum atomic E-state index is -0.668. The van der Waals surface area contributed by atoms with Crippen LogP contribution in [0.25, 0.3) is 0 Å². The third-order valence-corrected chi connectivity index (χ3v) is 4.62. The number of halogens is 4. The molecule has 0 radical (unpaired) electrons. The lowest BCUT2D eigenvalue weighted by Crippen LogP contribution is -2.23. The Labute approximate surface area is 156 Å². The Morgan fingerprint density at radius 3 is 2.22 bits per heavy atom. The molecule has 6 heteroatoms. The lowest BCUT2D eigenvalue weighted by Gasteiger charge is -2.14. The third kappa shape index (κ3) is 5.82. The van der Waals surface area contributed by atoms with E-state index in [4.69, 9.17) is 46.4 Å². The molecule has 2 aromatic rings. The molecule has 0 amide bonds. The van der Waals surface area contributed by atoms with Gasteiger partial charge in [-0.2, -0.15) is 0 Å². The fourth-order valence-corrected chi connectivity index (χ4v) is 3.29. The van der Waals surface area contributed by atoms with Crippen LogP contribution >= 0.6 is 46.4 Å². The Morgan fingerprint density at radius 2 is 1.57 bits per heavy atom. The number of hydrogen-bond acceptors (Lipinski definition) is 2. The lowest BCUT2D eigenvalue weighted by atomic mass is 10.1. The Hall–Kier alpha value is -0.480. The second-order valence-corrected chi connectivity index (χ2v) is 6.91. The molecule has 0 aliphatic carbocycles. The van der Waals surface area contributed by atoms with E-state index >= 15 is 0 Å². The van der Waals surface area contributed by atoms with E-state index in [2.05, 4.69) is 5.32 Å². The summed E-state index contributed by atoms with van der Waals surface area (Å²) in [7, 11) is 0. The summed E-state index contributed by atoms with van der Waals surface area (Å²) in [5, 5.41) is 15.7. The maximum Gasteiger partial charge on any atom is 0.0928 e. The zero-order valence-corrected chi connectivity index (χ0v) is 15.4. The first kappa shape index (κ1) is 18.9. The van der Waals surface area contributed by atoms with Crippen molar-refractivity contribution < 1.29 is 5.11 Å². The Morgan fingerprint density at radius 1 is 0.913 bits per heavy atom. The van der Waals surface area contributed by atoms with Crippen LogP contribution in [-0.4, -0.2) is 18.2 Å². The molecule has 0 aliphatic rings. The highest BCUT2D eigenvalue weighted by Gasteiger charge is 2.11. The molecule has 0 saturated heterocycles. The van der Waals surface area contributed by atoms with Crippen molar-refractivity contribution in [2.24, 2.45) is 0 Å². The van der Waals surface area contributed by atoms with Gasteiger partial charge >= 0.3 is 0 Å². The number of rotatable bonds is 7. The molecule has 0 saturated carbocycles. The van der Waals surface area contributed by atoms with Crippen LogP contribution in [0.15, 0.2) is 36.4 Å². The van der Waals surface area contributed by atoms with Gasteiger partial charge in [-0.05, 0) is 49.2 Å². The predicted octanol–water partition coefficient (Wildman–Crippen LogP) is 5.56. The number of nitrogens with one attached hydrogen (secondary N) is 1. The Kier molecular flexibility index (Phi) is 7.48. The quantitative estimate of drug-likeness (QED) is 0.604. The third-order valence-electron chi connectivity index (χ3n) is 3.47. The summed E-state index contributed by atoms with van der Waals surface area (Å²) in [6.45, 7) is 1.19. The fourth-order valence-electron chi connectivity index (χ4n) is 2.25. The van der Waals surface area contributed by atoms with E-state index in [1.807, 2.05) is 12.1 Å². The molecule has 0 heterocycles. The molecule has 2 N–H and O–H groups in total. The van der Waals surface area contributed by atoms with Gasteiger partial charge < -0.3 is 10.4 Å². The van der Waals surface area contributed by atoms with Crippen molar-refractivity contribution in [2.45, 2.75) is 18.9 Å². The van der Waals surface area contributed by atoms with Gasteiger partial charge in [0.2, 0.25) is 0 Å². The molecule has 0 bridgehead atoms. The minimum absolute atomic E-state index is 0.426. The molecule has 23 heavy (non-hydrogen) atoms. The van der Waals surface area contributed by atoms with Gasteiger partial charge in [-0.15, -0.1) is 0 Å². The molecular formula is C17H17Cl4NO. The normalized spacial score (nSPS) is 12.4. The van der Waals surface area contributed by atoms with E-state index in [1.54, 1.807) is 24.3 Å². The number of aryl methyl sites for hydroxylation is 1. The molecule has 2 rings (SSSR count). The standard InChI is InChI=1S/C17H17Cl4NO/c18-12-4-3-11(15(20)8-12)2-1-7-22-10-17(23)14-6-5-13(19)9-16(14)21/h3-6,8-9,17,22-23H,1-2,7,10H2. The summed E-state index contributed by atoms with van der Waals surface area (Å²) < 4.78 is 0. The van der Waals surface area contributed by atoms with Crippen LogP contribution in [0.5, 0.6) is 0 Å². The fraction of sp³-hybridized carbons (Fsp3) is 0.294. The molecule has 1 atom stereocenters. The summed E-state index contributed by atoms with van der Waals surface area (Å²) in [6, 6.07) is 10.6. The monoisotopic (exact) mass is 391 g/mol. The minimum Gasteiger partial charge on any atom is -0.387 e. The van der Waals surface area contributed by atoms with E-state index in [0.29, 0.717) is 32.2 Å². The van der Waals surface area contributed by atoms with E-state index in [9.17, 15) is 5.11 Å². The van der Waals surface area contributed by atoms with Crippen LogP contribution < -0.4 is 5.32 Å². The van der Waals surface area contributed by atoms with Gasteiger partial charge in [0.1, 0.15) is 0 Å². The SMILES string of the molecule is OC(CNCCCc1ccc(Cl)cc1Cl)c1ccc(Cl)cc1Cl. The lowest BCUT2D eigenvalue weighted by molar-refractivity contribution is 0.175. The van der Waals surface area contributed by atoms with Crippen molar-refractivity contribution in [1.29, 1.82) is 0 Å². The molecular weight excluding hydrogens is 376 g/mol. The summed E-state index contributed by atoms with van der Waals surface area (Å²) >= 11 is 23.9. The summed E-state index contributed by atoms with van der Waals surface area (Å²) in [6.07, 6.45) is 1.09. The van der Waals surface area contributed by atoms with Crippen molar-refractivity contribution in [3.63, 3.8) is 0 Å². The van der Waals surface area contributed by atoms with Crippen molar-refractivity contribution in [3.05, 3.63) is 67.6 Å². The van der Waals surface area contributed by atoms with Gasteiger partial charge in [0.25, 0.3) is 0 Å². The topological polar surface area (TPSA) is 32.3 Å². The first-order valence-corrected chi connectivity index (χ1v) is 8.76. The van der Waals surface area contributed by atoms with Crippen LogP contribution in [0.3, 0.4) is 0 Å². The van der Waals surface area contributed by atoms with Crippen LogP contribution in [0.4, 0.5) is 0 Å². The maximum atomic E-state index is 10.2. The second-order valence-electron chi connectivity index (χ2n) is 5.23. The van der Waals surface area contributed by atoms with Crippen LogP contribution in [0.1, 0.15) is 23.7 Å². The van der Waals surface area contributed by atoms with Gasteiger partial charge in [-0.25, -0.2) is 0 Å². The van der Waals surface area contributed by atoms with Gasteiger partial charge in [0.15, 0.2) is 0 Å². The molecule has 2 aromatic carbocycles. The molecule has 0 aliphatic heterocycles. The molecule has 124 valence electrons. The molecule has 2 nitrogen and oxygen atoms in total. The Bertz CT molecular complexity index is 663. The zero-order chi connectivity index (χ0) is 16.8. The highest BCUT2D eigenvalue weighted by molar-refractivity contribution is 6.35. The van der Waals surface area contributed by atoms with Gasteiger partial charge in [0, 0.05) is 32.2 Å². The average Bonchev–Trinajstić information content (AvgIpc) is 2.48. The average molecular weight is 393 g/mol. The first-order valence-electron chi connectivity index (χ1n) is 7.25. The van der Waals surface area contributed by atoms with E-state index in [-0.39, 0.29) is 0 Å². The summed E-state index contributed by atoms with van der Waals surface area (Å²) in [5.41, 5.74) is 1.74. The Balaban J connectivity index is 1.74. The number of benzene rings is 2. The van der Waals surface area contributed by atoms with Crippen LogP contribution in [0.2, 0.25) is 20.1 Å². The van der Waals surface area contributed by atoms with E-state index < -0.39 is 6.10 Å². The van der Waals surface area contributed by atoms with Crippen molar-refractivity contribution in [2.75, 3.05) is 13.1 Å². The van der Waals surface area contributed by atoms with Crippen molar-refractivity contribution in [3.8, 4) is 0 Å². The largest absolute Gasteiger partial charge is 0.387 e. The molecule has 0 spiro atoms. The molecule has 1 unspecified atom stereocenters. The smallest absolute Gasteiger partial charge is 0.0928 e. The zero-order valence-electron chi connectivity index (χ0n) is 12.3. The summed E-state index contributed by atoms with van der Waals surface area (Å²) in [4.78, 5) is 0. The van der Waals surface area contributed by atoms with Crippen LogP contribution in [-0.2, 0) is 6.42 Å². The van der Waals surface area contributed by atoms with E-state index in [1.165, 1.54) is 0 Å². The highest BCUT2D eigenvalue weighted by atomic mass is 35.5. The van der Waals surface area contributed by atoms with Crippen LogP contribution in [0, 0.1) is 0 Å². The summed E-state index contributed by atoms with van der Waals surface area (Å²) in [5.74, 6) is 0. The number of aliphatic hydroxyl groups excluding tert-OH is 1. The second kappa shape index (κ2) is 9.12. The van der Waals surface area contributed by atoms with E-state index in [0.717, 1.165) is 24.9 Å². The number of hydrogen-bond donors (Lipinski definition) is 2. The van der Waals surface area contributed by atoms with Gasteiger partial charge in [-0.3, -0.25) is 0 Å². The van der Waals surface area contributed by atoms with Gasteiger partial charge in [0.05, 0.1) is 6.10 Å². The highest BCUT2D eigenvalue weighted by Crippen LogP contribution is 2.26. The maximum absolute atomic E-state index is 10.2. The first-order chi connectivity index (χ1) is 11.0.